The molecule has 1 aliphatic rings. The molecule has 0 saturated carbocycles. The Bertz CT molecular complexity index is 460. The zero-order chi connectivity index (χ0) is 13.1. The van der Waals surface area contributed by atoms with Crippen molar-refractivity contribution in [3.63, 3.8) is 0 Å². The molecule has 6 nitrogen and oxygen atoms in total. The quantitative estimate of drug-likeness (QED) is 0.678. The van der Waals surface area contributed by atoms with Crippen molar-refractivity contribution in [1.29, 1.82) is 0 Å². The number of fused-ring (bicyclic) bond motifs is 1. The van der Waals surface area contributed by atoms with Gasteiger partial charge >= 0.3 is 0 Å². The second-order valence-corrected chi connectivity index (χ2v) is 4.19. The van der Waals surface area contributed by atoms with Crippen LogP contribution in [0, 0.1) is 0 Å². The van der Waals surface area contributed by atoms with Gasteiger partial charge in [-0.2, -0.15) is 0 Å². The third kappa shape index (κ3) is 2.65. The predicted octanol–water partition coefficient (Wildman–Crippen LogP) is 0.498. The van der Waals surface area contributed by atoms with Crippen molar-refractivity contribution in [2.45, 2.75) is 19.4 Å². The summed E-state index contributed by atoms with van der Waals surface area (Å²) in [5, 5.41) is 11.8. The van der Waals surface area contributed by atoms with Crippen molar-refractivity contribution in [3.05, 3.63) is 17.7 Å². The Balaban J connectivity index is 2.06. The van der Waals surface area contributed by atoms with Gasteiger partial charge in [0.05, 0.1) is 11.7 Å². The Morgan fingerprint density at radius 2 is 2.17 bits per heavy atom. The summed E-state index contributed by atoms with van der Waals surface area (Å²) in [4.78, 5) is 11.9. The normalized spacial score (nSPS) is 14.3. The standard InChI is InChI=1S/C12H16N2O4/c1-7(15)2-3-14-12(16)8-4-10-11(5-9(8)13)18-6-17-10/h4-5,7,15H,2-3,6,13H2,1H3,(H,14,16). The van der Waals surface area contributed by atoms with Gasteiger partial charge in [-0.05, 0) is 19.4 Å². The summed E-state index contributed by atoms with van der Waals surface area (Å²) >= 11 is 0. The van der Waals surface area contributed by atoms with Gasteiger partial charge < -0.3 is 25.6 Å². The molecule has 0 aliphatic carbocycles. The minimum absolute atomic E-state index is 0.141. The molecule has 0 spiro atoms. The van der Waals surface area contributed by atoms with Crippen molar-refractivity contribution in [3.8, 4) is 11.5 Å². The lowest BCUT2D eigenvalue weighted by molar-refractivity contribution is 0.0946. The number of carbonyl (C=O) groups is 1. The van der Waals surface area contributed by atoms with E-state index in [9.17, 15) is 4.79 Å². The van der Waals surface area contributed by atoms with Gasteiger partial charge in [0.2, 0.25) is 6.79 Å². The number of amides is 1. The Morgan fingerprint density at radius 3 is 2.83 bits per heavy atom. The molecule has 0 saturated heterocycles. The minimum atomic E-state index is -0.445. The number of benzene rings is 1. The summed E-state index contributed by atoms with van der Waals surface area (Å²) in [7, 11) is 0. The molecule has 0 aromatic heterocycles. The van der Waals surface area contributed by atoms with Gasteiger partial charge in [-0.3, -0.25) is 4.79 Å². The van der Waals surface area contributed by atoms with Crippen molar-refractivity contribution in [1.82, 2.24) is 5.32 Å². The molecule has 1 atom stereocenters. The zero-order valence-electron chi connectivity index (χ0n) is 10.1. The van der Waals surface area contributed by atoms with E-state index in [0.29, 0.717) is 35.7 Å². The number of rotatable bonds is 4. The monoisotopic (exact) mass is 252 g/mol. The summed E-state index contributed by atoms with van der Waals surface area (Å²) in [5.74, 6) is 0.782. The first-order valence-electron chi connectivity index (χ1n) is 5.73. The number of nitrogen functional groups attached to an aromatic ring is 1. The van der Waals surface area contributed by atoms with Crippen LogP contribution in [0.3, 0.4) is 0 Å². The summed E-state index contributed by atoms with van der Waals surface area (Å²) < 4.78 is 10.3. The van der Waals surface area contributed by atoms with Crippen LogP contribution in [0.15, 0.2) is 12.1 Å². The Hall–Kier alpha value is -1.95. The molecule has 1 amide bonds. The van der Waals surface area contributed by atoms with E-state index in [1.54, 1.807) is 19.1 Å². The number of nitrogens with two attached hydrogens (primary N) is 1. The second-order valence-electron chi connectivity index (χ2n) is 4.19. The second kappa shape index (κ2) is 5.14. The SMILES string of the molecule is CC(O)CCNC(=O)c1cc2c(cc1N)OCO2. The van der Waals surface area contributed by atoms with Crippen LogP contribution in [-0.4, -0.2) is 30.5 Å². The highest BCUT2D eigenvalue weighted by atomic mass is 16.7. The van der Waals surface area contributed by atoms with Crippen molar-refractivity contribution in [2.24, 2.45) is 0 Å². The molecule has 1 aromatic rings. The van der Waals surface area contributed by atoms with Crippen molar-refractivity contribution < 1.29 is 19.4 Å². The molecule has 6 heteroatoms. The molecular weight excluding hydrogens is 236 g/mol. The number of aliphatic hydroxyl groups excluding tert-OH is 1. The van der Waals surface area contributed by atoms with Crippen LogP contribution in [-0.2, 0) is 0 Å². The first kappa shape index (κ1) is 12.5. The van der Waals surface area contributed by atoms with Crippen molar-refractivity contribution in [2.75, 3.05) is 19.1 Å². The molecule has 1 aromatic carbocycles. The maximum absolute atomic E-state index is 11.9. The molecule has 1 aliphatic heterocycles. The van der Waals surface area contributed by atoms with Gasteiger partial charge in [-0.15, -0.1) is 0 Å². The molecule has 4 N–H and O–H groups in total. The fourth-order valence-electron chi connectivity index (χ4n) is 1.64. The van der Waals surface area contributed by atoms with Gasteiger partial charge in [0.25, 0.3) is 5.91 Å². The van der Waals surface area contributed by atoms with E-state index < -0.39 is 6.10 Å². The largest absolute Gasteiger partial charge is 0.454 e. The lowest BCUT2D eigenvalue weighted by Crippen LogP contribution is -2.27. The maximum Gasteiger partial charge on any atom is 0.253 e. The number of anilines is 1. The highest BCUT2D eigenvalue weighted by molar-refractivity contribution is 6.00. The van der Waals surface area contributed by atoms with Crippen LogP contribution in [0.25, 0.3) is 0 Å². The van der Waals surface area contributed by atoms with Gasteiger partial charge in [-0.25, -0.2) is 0 Å². The predicted molar refractivity (Wildman–Crippen MR) is 65.6 cm³/mol. The fraction of sp³-hybridized carbons (Fsp3) is 0.417. The topological polar surface area (TPSA) is 93.8 Å². The van der Waals surface area contributed by atoms with E-state index >= 15 is 0 Å². The fourth-order valence-corrected chi connectivity index (χ4v) is 1.64. The van der Waals surface area contributed by atoms with E-state index in [-0.39, 0.29) is 12.7 Å². The average molecular weight is 252 g/mol. The zero-order valence-corrected chi connectivity index (χ0v) is 10.1. The molecule has 2 rings (SSSR count). The van der Waals surface area contributed by atoms with Gasteiger partial charge in [-0.1, -0.05) is 0 Å². The summed E-state index contributed by atoms with van der Waals surface area (Å²) in [6, 6.07) is 3.14. The first-order valence-corrected chi connectivity index (χ1v) is 5.73. The van der Waals surface area contributed by atoms with Crippen LogP contribution in [0.4, 0.5) is 5.69 Å². The number of hydrogen-bond donors (Lipinski definition) is 3. The van der Waals surface area contributed by atoms with Gasteiger partial charge in [0, 0.05) is 18.3 Å². The number of carbonyl (C=O) groups excluding carboxylic acids is 1. The highest BCUT2D eigenvalue weighted by Gasteiger charge is 2.19. The first-order chi connectivity index (χ1) is 8.58. The average Bonchev–Trinajstić information content (AvgIpc) is 2.74. The van der Waals surface area contributed by atoms with Crippen LogP contribution < -0.4 is 20.5 Å². The molecule has 1 heterocycles. The highest BCUT2D eigenvalue weighted by Crippen LogP contribution is 2.35. The summed E-state index contributed by atoms with van der Waals surface area (Å²) in [6.45, 7) is 2.20. The number of hydrogen-bond acceptors (Lipinski definition) is 5. The summed E-state index contributed by atoms with van der Waals surface area (Å²) in [5.41, 5.74) is 6.47. The van der Waals surface area contributed by atoms with Gasteiger partial charge in [0.15, 0.2) is 11.5 Å². The van der Waals surface area contributed by atoms with E-state index in [1.165, 1.54) is 0 Å². The number of ether oxygens (including phenoxy) is 2. The van der Waals surface area contributed by atoms with Gasteiger partial charge in [0.1, 0.15) is 0 Å². The smallest absolute Gasteiger partial charge is 0.253 e. The van der Waals surface area contributed by atoms with Crippen LogP contribution in [0.1, 0.15) is 23.7 Å². The summed E-state index contributed by atoms with van der Waals surface area (Å²) in [6.07, 6.45) is 0.0512. The van der Waals surface area contributed by atoms with Crippen LogP contribution in [0.5, 0.6) is 11.5 Å². The molecule has 0 fully saturated rings. The van der Waals surface area contributed by atoms with E-state index in [1.807, 2.05) is 0 Å². The Morgan fingerprint density at radius 1 is 1.50 bits per heavy atom. The lowest BCUT2D eigenvalue weighted by atomic mass is 10.1. The Kier molecular flexibility index (Phi) is 3.57. The Labute approximate surface area is 105 Å². The van der Waals surface area contributed by atoms with E-state index in [4.69, 9.17) is 20.3 Å². The van der Waals surface area contributed by atoms with Crippen LogP contribution in [0.2, 0.25) is 0 Å². The van der Waals surface area contributed by atoms with E-state index in [0.717, 1.165) is 0 Å². The number of aliphatic hydroxyl groups is 1. The van der Waals surface area contributed by atoms with Crippen molar-refractivity contribution >= 4 is 11.6 Å². The molecule has 18 heavy (non-hydrogen) atoms. The molecular formula is C12H16N2O4. The minimum Gasteiger partial charge on any atom is -0.454 e. The third-order valence-electron chi connectivity index (χ3n) is 2.64. The molecule has 1 unspecified atom stereocenters. The lowest BCUT2D eigenvalue weighted by Gasteiger charge is -2.09. The van der Waals surface area contributed by atoms with E-state index in [2.05, 4.69) is 5.32 Å². The molecule has 0 bridgehead atoms. The maximum atomic E-state index is 11.9. The molecule has 98 valence electrons. The number of nitrogens with one attached hydrogen (secondary N) is 1. The molecule has 0 radical (unpaired) electrons. The third-order valence-corrected chi connectivity index (χ3v) is 2.64. The van der Waals surface area contributed by atoms with Crippen LogP contribution >= 0.6 is 0 Å².